The molecule has 6 heteroatoms. The second-order valence-electron chi connectivity index (χ2n) is 7.09. The largest absolute Gasteiger partial charge is 0.320 e. The second kappa shape index (κ2) is 7.39. The number of hydrogen-bond donors (Lipinski definition) is 1. The van der Waals surface area contributed by atoms with Crippen molar-refractivity contribution in [2.75, 3.05) is 10.2 Å². The molecule has 0 bridgehead atoms. The third kappa shape index (κ3) is 3.45. The molecule has 29 heavy (non-hydrogen) atoms. The predicted octanol–water partition coefficient (Wildman–Crippen LogP) is 4.00. The summed E-state index contributed by atoms with van der Waals surface area (Å²) in [6.45, 7) is 4.07. The van der Waals surface area contributed by atoms with Crippen LogP contribution in [0, 0.1) is 13.8 Å². The second-order valence-corrected chi connectivity index (χ2v) is 7.09. The first kappa shape index (κ1) is 18.7. The van der Waals surface area contributed by atoms with E-state index in [0.29, 0.717) is 16.9 Å². The molecular formula is C23H21N3O3. The number of carbonyl (C=O) groups excluding carboxylic acids is 3. The molecule has 0 unspecified atom stereocenters. The molecule has 0 spiro atoms. The minimum atomic E-state index is -0.302. The van der Waals surface area contributed by atoms with Crippen molar-refractivity contribution in [2.45, 2.75) is 26.7 Å². The summed E-state index contributed by atoms with van der Waals surface area (Å²) in [5.41, 5.74) is 4.55. The van der Waals surface area contributed by atoms with Crippen LogP contribution in [0.5, 0.6) is 0 Å². The Morgan fingerprint density at radius 1 is 0.828 bits per heavy atom. The number of carbonyl (C=O) groups is 3. The molecule has 1 aliphatic rings. The lowest BCUT2D eigenvalue weighted by atomic mass is 10.1. The molecule has 3 amide bonds. The molecule has 0 saturated carbocycles. The molecule has 0 aliphatic carbocycles. The third-order valence-electron chi connectivity index (χ3n) is 5.10. The molecular weight excluding hydrogens is 366 g/mol. The summed E-state index contributed by atoms with van der Waals surface area (Å²) in [4.78, 5) is 38.1. The van der Waals surface area contributed by atoms with Gasteiger partial charge in [0.25, 0.3) is 5.91 Å². The maximum Gasteiger partial charge on any atom is 0.255 e. The van der Waals surface area contributed by atoms with E-state index in [0.717, 1.165) is 22.0 Å². The highest BCUT2D eigenvalue weighted by molar-refractivity contribution is 6.22. The van der Waals surface area contributed by atoms with E-state index >= 15 is 0 Å². The van der Waals surface area contributed by atoms with Gasteiger partial charge in [0.05, 0.1) is 11.4 Å². The van der Waals surface area contributed by atoms with Gasteiger partial charge in [0.15, 0.2) is 0 Å². The van der Waals surface area contributed by atoms with Crippen LogP contribution < -0.4 is 10.2 Å². The molecule has 6 nitrogen and oxygen atoms in total. The predicted molar refractivity (Wildman–Crippen MR) is 111 cm³/mol. The van der Waals surface area contributed by atoms with Gasteiger partial charge >= 0.3 is 0 Å². The zero-order valence-electron chi connectivity index (χ0n) is 16.3. The van der Waals surface area contributed by atoms with Gasteiger partial charge in [-0.2, -0.15) is 0 Å². The summed E-state index contributed by atoms with van der Waals surface area (Å²) < 4.78 is 2.11. The third-order valence-corrected chi connectivity index (χ3v) is 5.10. The number of imide groups is 1. The maximum absolute atomic E-state index is 12.8. The van der Waals surface area contributed by atoms with Crippen LogP contribution in [-0.4, -0.2) is 22.3 Å². The molecule has 1 saturated heterocycles. The number of nitrogens with one attached hydrogen (secondary N) is 1. The highest BCUT2D eigenvalue weighted by Gasteiger charge is 2.32. The van der Waals surface area contributed by atoms with Gasteiger partial charge < -0.3 is 9.88 Å². The SMILES string of the molecule is Cc1ccc(C)n1-c1ccc(C(=O)Nc2ccccc2N2C(=O)CCC2=O)cc1. The first-order chi connectivity index (χ1) is 14.0. The van der Waals surface area contributed by atoms with E-state index in [2.05, 4.69) is 9.88 Å². The molecule has 1 N–H and O–H groups in total. The summed E-state index contributed by atoms with van der Waals surface area (Å²) in [6, 6.07) is 18.3. The van der Waals surface area contributed by atoms with Crippen LogP contribution in [0.25, 0.3) is 5.69 Å². The van der Waals surface area contributed by atoms with Gasteiger partial charge in [0.2, 0.25) is 11.8 Å². The number of anilines is 2. The summed E-state index contributed by atoms with van der Waals surface area (Å²) in [5.74, 6) is -0.805. The number of rotatable bonds is 4. The van der Waals surface area contributed by atoms with Crippen LogP contribution in [0.15, 0.2) is 60.7 Å². The molecule has 2 aromatic carbocycles. The Morgan fingerprint density at radius 3 is 2.03 bits per heavy atom. The summed E-state index contributed by atoms with van der Waals surface area (Å²) in [5, 5.41) is 2.83. The van der Waals surface area contributed by atoms with E-state index in [4.69, 9.17) is 0 Å². The standard InChI is InChI=1S/C23H21N3O3/c1-15-7-8-16(2)25(15)18-11-9-17(10-12-18)23(29)24-19-5-3-4-6-20(19)26-21(27)13-14-22(26)28/h3-12H,13-14H2,1-2H3,(H,24,29). The van der Waals surface area contributed by atoms with E-state index in [1.165, 1.54) is 0 Å². The Labute approximate surface area is 168 Å². The monoisotopic (exact) mass is 387 g/mol. The number of para-hydroxylation sites is 2. The van der Waals surface area contributed by atoms with E-state index in [1.54, 1.807) is 36.4 Å². The lowest BCUT2D eigenvalue weighted by Crippen LogP contribution is -2.29. The average molecular weight is 387 g/mol. The summed E-state index contributed by atoms with van der Waals surface area (Å²) >= 11 is 0. The zero-order chi connectivity index (χ0) is 20.5. The fourth-order valence-electron chi connectivity index (χ4n) is 3.65. The first-order valence-corrected chi connectivity index (χ1v) is 9.47. The van der Waals surface area contributed by atoms with Crippen LogP contribution in [0.4, 0.5) is 11.4 Å². The molecule has 1 fully saturated rings. The topological polar surface area (TPSA) is 71.4 Å². The van der Waals surface area contributed by atoms with E-state index in [-0.39, 0.29) is 30.6 Å². The maximum atomic E-state index is 12.8. The van der Waals surface area contributed by atoms with E-state index in [9.17, 15) is 14.4 Å². The van der Waals surface area contributed by atoms with Crippen molar-refractivity contribution in [1.29, 1.82) is 0 Å². The van der Waals surface area contributed by atoms with Crippen molar-refractivity contribution in [3.05, 3.63) is 77.6 Å². The quantitative estimate of drug-likeness (QED) is 0.688. The average Bonchev–Trinajstić information content (AvgIpc) is 3.23. The van der Waals surface area contributed by atoms with Crippen molar-refractivity contribution >= 4 is 29.1 Å². The summed E-state index contributed by atoms with van der Waals surface area (Å²) in [7, 11) is 0. The number of aryl methyl sites for hydroxylation is 2. The Bertz CT molecular complexity index is 1080. The number of amides is 3. The van der Waals surface area contributed by atoms with Gasteiger partial charge in [-0.15, -0.1) is 0 Å². The lowest BCUT2D eigenvalue weighted by Gasteiger charge is -2.18. The van der Waals surface area contributed by atoms with Crippen molar-refractivity contribution in [3.8, 4) is 5.69 Å². The van der Waals surface area contributed by atoms with E-state index in [1.807, 2.05) is 38.1 Å². The van der Waals surface area contributed by atoms with Crippen LogP contribution in [-0.2, 0) is 9.59 Å². The van der Waals surface area contributed by atoms with Gasteiger partial charge in [-0.05, 0) is 62.4 Å². The first-order valence-electron chi connectivity index (χ1n) is 9.47. The fourth-order valence-corrected chi connectivity index (χ4v) is 3.65. The number of benzene rings is 2. The number of nitrogens with zero attached hydrogens (tertiary/aromatic N) is 2. The molecule has 1 aliphatic heterocycles. The number of hydrogen-bond acceptors (Lipinski definition) is 3. The van der Waals surface area contributed by atoms with Crippen molar-refractivity contribution in [2.24, 2.45) is 0 Å². The lowest BCUT2D eigenvalue weighted by molar-refractivity contribution is -0.121. The highest BCUT2D eigenvalue weighted by Crippen LogP contribution is 2.30. The Kier molecular flexibility index (Phi) is 4.76. The Balaban J connectivity index is 1.58. The van der Waals surface area contributed by atoms with Gasteiger partial charge in [-0.3, -0.25) is 14.4 Å². The van der Waals surface area contributed by atoms with Crippen LogP contribution in [0.2, 0.25) is 0 Å². The Hall–Kier alpha value is -3.67. The van der Waals surface area contributed by atoms with Crippen LogP contribution in [0.3, 0.4) is 0 Å². The van der Waals surface area contributed by atoms with Gasteiger partial charge in [-0.25, -0.2) is 4.90 Å². The molecule has 1 aromatic heterocycles. The van der Waals surface area contributed by atoms with E-state index < -0.39 is 0 Å². The van der Waals surface area contributed by atoms with Crippen LogP contribution >= 0.6 is 0 Å². The van der Waals surface area contributed by atoms with Gasteiger partial charge in [0.1, 0.15) is 0 Å². The normalized spacial score (nSPS) is 13.8. The number of aromatic nitrogens is 1. The van der Waals surface area contributed by atoms with Crippen molar-refractivity contribution in [3.63, 3.8) is 0 Å². The fraction of sp³-hybridized carbons (Fsp3) is 0.174. The minimum Gasteiger partial charge on any atom is -0.320 e. The smallest absolute Gasteiger partial charge is 0.255 e. The molecule has 3 aromatic rings. The zero-order valence-corrected chi connectivity index (χ0v) is 16.3. The van der Waals surface area contributed by atoms with Crippen molar-refractivity contribution in [1.82, 2.24) is 4.57 Å². The van der Waals surface area contributed by atoms with Crippen molar-refractivity contribution < 1.29 is 14.4 Å². The molecule has 2 heterocycles. The van der Waals surface area contributed by atoms with Crippen LogP contribution in [0.1, 0.15) is 34.6 Å². The van der Waals surface area contributed by atoms with Gasteiger partial charge in [-0.1, -0.05) is 12.1 Å². The summed E-state index contributed by atoms with van der Waals surface area (Å²) in [6.07, 6.45) is 0.390. The Morgan fingerprint density at radius 2 is 1.41 bits per heavy atom. The molecule has 146 valence electrons. The molecule has 0 atom stereocenters. The van der Waals surface area contributed by atoms with Gasteiger partial charge in [0, 0.05) is 35.5 Å². The highest BCUT2D eigenvalue weighted by atomic mass is 16.2. The molecule has 0 radical (unpaired) electrons. The minimum absolute atomic E-state index is 0.195. The molecule has 4 rings (SSSR count).